The summed E-state index contributed by atoms with van der Waals surface area (Å²) in [5, 5.41) is 22.7. The van der Waals surface area contributed by atoms with Crippen LogP contribution in [0.15, 0.2) is 41.6 Å². The number of ether oxygens (including phenoxy) is 5. The van der Waals surface area contributed by atoms with Crippen molar-refractivity contribution in [1.82, 2.24) is 20.6 Å². The molecular formula is C33H49N5O12S. The predicted octanol–water partition coefficient (Wildman–Crippen LogP) is 2.05. The van der Waals surface area contributed by atoms with Crippen LogP contribution in [0, 0.1) is 5.41 Å². The zero-order chi connectivity index (χ0) is 37.7. The number of carboxylic acids is 2. The van der Waals surface area contributed by atoms with Gasteiger partial charge in [0.1, 0.15) is 24.6 Å². The lowest BCUT2D eigenvalue weighted by molar-refractivity contribution is -0.143. The molecule has 284 valence electrons. The van der Waals surface area contributed by atoms with Gasteiger partial charge in [-0.05, 0) is 56.4 Å². The van der Waals surface area contributed by atoms with Crippen molar-refractivity contribution in [1.29, 1.82) is 0 Å². The Kier molecular flexibility index (Phi) is 19.0. The lowest BCUT2D eigenvalue weighted by Gasteiger charge is -2.35. The standard InChI is InChI=1S/C33H49N5O12S/c1-32(2,10-9-28(40)41)23-33(3,4)50-25-5-7-26(8-6-25)51(45)38-31-36-19-24(20-37-31)30(44)35-12-14-47-15-17-48-21-27(39)34-11-13-46-16-18-49-22-29(42)43/h5-8,19-20H,9-18,21-23H2,1-4H3,(H,34,39)(H,35,44)(H,40,41)(H,42,43)(H,36,37,38). The minimum atomic E-state index is -1.68. The number of hydrogen-bond acceptors (Lipinski definition) is 12. The summed E-state index contributed by atoms with van der Waals surface area (Å²) in [5.74, 6) is -1.97. The van der Waals surface area contributed by atoms with Gasteiger partial charge in [-0.25, -0.2) is 19.0 Å². The first-order valence-electron chi connectivity index (χ1n) is 16.2. The van der Waals surface area contributed by atoms with E-state index in [-0.39, 0.29) is 95.2 Å². The van der Waals surface area contributed by atoms with E-state index in [0.717, 1.165) is 0 Å². The van der Waals surface area contributed by atoms with Gasteiger partial charge in [0.05, 0.1) is 50.1 Å². The highest BCUT2D eigenvalue weighted by Gasteiger charge is 2.31. The van der Waals surface area contributed by atoms with Crippen molar-refractivity contribution in [2.75, 3.05) is 70.7 Å². The number of aliphatic carboxylic acids is 2. The van der Waals surface area contributed by atoms with E-state index in [9.17, 15) is 23.4 Å². The summed E-state index contributed by atoms with van der Waals surface area (Å²) in [4.78, 5) is 54.0. The Morgan fingerprint density at radius 2 is 1.33 bits per heavy atom. The molecule has 2 aromatic rings. The number of nitrogens with one attached hydrogen (secondary N) is 3. The molecule has 1 heterocycles. The number of rotatable bonds is 27. The molecule has 1 aromatic carbocycles. The van der Waals surface area contributed by atoms with E-state index < -0.39 is 34.4 Å². The third-order valence-corrected chi connectivity index (χ3v) is 7.82. The van der Waals surface area contributed by atoms with Crippen LogP contribution in [0.5, 0.6) is 5.75 Å². The molecule has 0 spiro atoms. The van der Waals surface area contributed by atoms with Crippen LogP contribution in [0.3, 0.4) is 0 Å². The number of carboxylic acid groups (broad SMARTS) is 2. The minimum absolute atomic E-state index is 0.0698. The van der Waals surface area contributed by atoms with Gasteiger partial charge in [-0.2, -0.15) is 0 Å². The number of anilines is 1. The molecule has 0 fully saturated rings. The molecule has 0 aliphatic carbocycles. The van der Waals surface area contributed by atoms with Crippen LogP contribution in [0.1, 0.15) is 57.3 Å². The number of amides is 2. The van der Waals surface area contributed by atoms with Gasteiger partial charge in [0.15, 0.2) is 11.0 Å². The largest absolute Gasteiger partial charge is 0.488 e. The topological polar surface area (TPSA) is 234 Å². The Labute approximate surface area is 299 Å². The van der Waals surface area contributed by atoms with Crippen molar-refractivity contribution in [3.63, 3.8) is 0 Å². The lowest BCUT2D eigenvalue weighted by atomic mass is 9.78. The van der Waals surface area contributed by atoms with Gasteiger partial charge in [0.25, 0.3) is 5.91 Å². The maximum atomic E-state index is 12.8. The summed E-state index contributed by atoms with van der Waals surface area (Å²) in [7, 11) is -1.68. The number of nitrogens with zero attached hydrogens (tertiary/aromatic N) is 2. The van der Waals surface area contributed by atoms with Crippen molar-refractivity contribution in [3.8, 4) is 5.75 Å². The van der Waals surface area contributed by atoms with Crippen LogP contribution in [0.25, 0.3) is 0 Å². The van der Waals surface area contributed by atoms with E-state index in [2.05, 4.69) is 25.3 Å². The first kappa shape index (κ1) is 42.9. The maximum Gasteiger partial charge on any atom is 0.329 e. The second-order valence-corrected chi connectivity index (χ2v) is 13.8. The average Bonchev–Trinajstić information content (AvgIpc) is 3.06. The summed E-state index contributed by atoms with van der Waals surface area (Å²) < 4.78 is 42.3. The van der Waals surface area contributed by atoms with Gasteiger partial charge in [-0.3, -0.25) is 19.1 Å². The number of aromatic nitrogens is 2. The zero-order valence-corrected chi connectivity index (χ0v) is 30.3. The Balaban J connectivity index is 1.60. The van der Waals surface area contributed by atoms with Crippen molar-refractivity contribution in [2.24, 2.45) is 5.41 Å². The summed E-state index contributed by atoms with van der Waals surface area (Å²) in [6.07, 6.45) is 3.87. The summed E-state index contributed by atoms with van der Waals surface area (Å²) in [5.41, 5.74) is -0.591. The maximum absolute atomic E-state index is 12.8. The van der Waals surface area contributed by atoms with Gasteiger partial charge in [-0.15, -0.1) is 0 Å². The van der Waals surface area contributed by atoms with Crippen molar-refractivity contribution < 1.29 is 57.3 Å². The number of hydrogen-bond donors (Lipinski definition) is 5. The Morgan fingerprint density at radius 1 is 0.765 bits per heavy atom. The first-order valence-corrected chi connectivity index (χ1v) is 17.4. The lowest BCUT2D eigenvalue weighted by Crippen LogP contribution is -2.34. The van der Waals surface area contributed by atoms with E-state index in [1.807, 2.05) is 27.7 Å². The Morgan fingerprint density at radius 3 is 1.92 bits per heavy atom. The summed E-state index contributed by atoms with van der Waals surface area (Å²) >= 11 is 0. The molecule has 1 aromatic heterocycles. The minimum Gasteiger partial charge on any atom is -0.488 e. The van der Waals surface area contributed by atoms with E-state index in [1.54, 1.807) is 24.3 Å². The van der Waals surface area contributed by atoms with Gasteiger partial charge in [0.2, 0.25) is 11.9 Å². The quantitative estimate of drug-likeness (QED) is 0.0826. The van der Waals surface area contributed by atoms with Crippen LogP contribution in [-0.4, -0.2) is 120 Å². The molecule has 5 N–H and O–H groups in total. The average molecular weight is 740 g/mol. The van der Waals surface area contributed by atoms with Gasteiger partial charge in [0, 0.05) is 31.9 Å². The van der Waals surface area contributed by atoms with Crippen LogP contribution in [0.2, 0.25) is 0 Å². The molecule has 0 aliphatic heterocycles. The van der Waals surface area contributed by atoms with Crippen molar-refractivity contribution in [3.05, 3.63) is 42.2 Å². The molecule has 17 nitrogen and oxygen atoms in total. The van der Waals surface area contributed by atoms with Gasteiger partial charge < -0.3 is 44.5 Å². The molecule has 2 amide bonds. The fraction of sp³-hybridized carbons (Fsp3) is 0.576. The fourth-order valence-corrected chi connectivity index (χ4v) is 5.50. The van der Waals surface area contributed by atoms with Gasteiger partial charge >= 0.3 is 11.9 Å². The van der Waals surface area contributed by atoms with Crippen LogP contribution in [0.4, 0.5) is 5.95 Å². The molecule has 1 unspecified atom stereocenters. The first-order chi connectivity index (χ1) is 24.2. The number of benzene rings is 1. The normalized spacial score (nSPS) is 12.2. The second-order valence-electron chi connectivity index (χ2n) is 12.6. The molecule has 0 radical (unpaired) electrons. The monoisotopic (exact) mass is 739 g/mol. The predicted molar refractivity (Wildman–Crippen MR) is 185 cm³/mol. The smallest absolute Gasteiger partial charge is 0.329 e. The Bertz CT molecular complexity index is 1410. The SMILES string of the molecule is CC(C)(CCC(=O)O)CC(C)(C)Oc1ccc(S(=O)Nc2ncc(C(=O)NCCOCCOCC(=O)NCCOCCOCC(=O)O)cn2)cc1. The molecule has 0 saturated carbocycles. The van der Waals surface area contributed by atoms with E-state index >= 15 is 0 Å². The highest BCUT2D eigenvalue weighted by atomic mass is 32.2. The van der Waals surface area contributed by atoms with Crippen LogP contribution in [-0.2, 0) is 44.3 Å². The summed E-state index contributed by atoms with van der Waals surface area (Å²) in [6.45, 7) is 9.06. The number of carbonyl (C=O) groups is 4. The molecule has 18 heteroatoms. The second kappa shape index (κ2) is 22.6. The third kappa shape index (κ3) is 19.7. The van der Waals surface area contributed by atoms with E-state index in [0.29, 0.717) is 23.5 Å². The highest BCUT2D eigenvalue weighted by Crippen LogP contribution is 2.35. The fourth-order valence-electron chi connectivity index (χ4n) is 4.73. The van der Waals surface area contributed by atoms with Gasteiger partial charge in [-0.1, -0.05) is 13.8 Å². The Hall–Kier alpha value is -4.23. The third-order valence-electron chi connectivity index (χ3n) is 6.75. The van der Waals surface area contributed by atoms with Crippen LogP contribution >= 0.6 is 0 Å². The molecule has 51 heavy (non-hydrogen) atoms. The zero-order valence-electron chi connectivity index (χ0n) is 29.4. The molecular weight excluding hydrogens is 690 g/mol. The molecule has 0 bridgehead atoms. The van der Waals surface area contributed by atoms with Crippen molar-refractivity contribution in [2.45, 2.75) is 57.5 Å². The molecule has 1 atom stereocenters. The highest BCUT2D eigenvalue weighted by molar-refractivity contribution is 7.86. The molecule has 0 aliphatic rings. The number of carbonyl (C=O) groups excluding carboxylic acids is 2. The van der Waals surface area contributed by atoms with Crippen molar-refractivity contribution >= 4 is 40.7 Å². The van der Waals surface area contributed by atoms with Crippen LogP contribution < -0.4 is 20.1 Å². The summed E-state index contributed by atoms with van der Waals surface area (Å²) in [6, 6.07) is 6.73. The molecule has 2 rings (SSSR count). The van der Waals surface area contributed by atoms with E-state index in [1.165, 1.54) is 12.4 Å². The molecule has 0 saturated heterocycles. The van der Waals surface area contributed by atoms with E-state index in [4.69, 9.17) is 33.9 Å².